The van der Waals surface area contributed by atoms with Crippen LogP contribution in [0.1, 0.15) is 42.2 Å². The summed E-state index contributed by atoms with van der Waals surface area (Å²) in [5.74, 6) is -0.0345. The van der Waals surface area contributed by atoms with Crippen LogP contribution in [-0.2, 0) is 11.8 Å². The van der Waals surface area contributed by atoms with Crippen LogP contribution in [0.5, 0.6) is 0 Å². The second-order valence-electron chi connectivity index (χ2n) is 5.72. The van der Waals surface area contributed by atoms with Crippen molar-refractivity contribution < 1.29 is 9.59 Å². The predicted molar refractivity (Wildman–Crippen MR) is 79.9 cm³/mol. The zero-order valence-corrected chi connectivity index (χ0v) is 13.3. The largest absolute Gasteiger partial charge is 0.342 e. The Morgan fingerprint density at radius 1 is 1.38 bits per heavy atom. The van der Waals surface area contributed by atoms with Gasteiger partial charge in [0, 0.05) is 33.4 Å². The predicted octanol–water partition coefficient (Wildman–Crippen LogP) is 1.20. The molecule has 1 aromatic heterocycles. The fourth-order valence-electron chi connectivity index (χ4n) is 2.80. The summed E-state index contributed by atoms with van der Waals surface area (Å²) in [6.45, 7) is 5.09. The van der Waals surface area contributed by atoms with E-state index >= 15 is 0 Å². The molecule has 1 fully saturated rings. The van der Waals surface area contributed by atoms with E-state index in [-0.39, 0.29) is 17.9 Å². The molecule has 0 saturated carbocycles. The lowest BCUT2D eigenvalue weighted by atomic mass is 10.0. The molecule has 0 radical (unpaired) electrons. The summed E-state index contributed by atoms with van der Waals surface area (Å²) in [6, 6.07) is -0.337. The van der Waals surface area contributed by atoms with Crippen LogP contribution in [0.2, 0.25) is 0 Å². The number of nitrogens with zero attached hydrogens (tertiary/aromatic N) is 4. The smallest absolute Gasteiger partial charge is 0.258 e. The number of aryl methyl sites for hydroxylation is 2. The zero-order valence-electron chi connectivity index (χ0n) is 13.3. The third-order valence-corrected chi connectivity index (χ3v) is 4.05. The van der Waals surface area contributed by atoms with E-state index in [2.05, 4.69) is 12.0 Å². The molecule has 1 atom stereocenters. The topological polar surface area (TPSA) is 58.4 Å². The Kier molecular flexibility index (Phi) is 4.65. The van der Waals surface area contributed by atoms with Crippen molar-refractivity contribution in [3.05, 3.63) is 17.5 Å². The number of rotatable bonds is 4. The fourth-order valence-corrected chi connectivity index (χ4v) is 2.80. The van der Waals surface area contributed by atoms with E-state index in [1.807, 2.05) is 6.92 Å². The maximum absolute atomic E-state index is 12.8. The molecule has 2 heterocycles. The number of hydrogen-bond acceptors (Lipinski definition) is 3. The molecule has 0 aromatic carbocycles. The number of amides is 2. The Morgan fingerprint density at radius 2 is 2.10 bits per heavy atom. The molecule has 1 aliphatic heterocycles. The summed E-state index contributed by atoms with van der Waals surface area (Å²) in [5, 5.41) is 4.22. The third kappa shape index (κ3) is 3.09. The van der Waals surface area contributed by atoms with Crippen molar-refractivity contribution in [2.75, 3.05) is 20.1 Å². The van der Waals surface area contributed by atoms with Gasteiger partial charge in [-0.3, -0.25) is 14.3 Å². The summed E-state index contributed by atoms with van der Waals surface area (Å²) in [5.41, 5.74) is 1.31. The molecule has 116 valence electrons. The van der Waals surface area contributed by atoms with E-state index in [0.29, 0.717) is 24.3 Å². The van der Waals surface area contributed by atoms with Crippen molar-refractivity contribution in [2.45, 2.75) is 39.2 Å². The summed E-state index contributed by atoms with van der Waals surface area (Å²) in [6.07, 6.45) is 4.42. The van der Waals surface area contributed by atoms with Crippen molar-refractivity contribution in [3.8, 4) is 0 Å². The molecule has 0 unspecified atom stereocenters. The first-order valence-corrected chi connectivity index (χ1v) is 7.52. The molecule has 1 aromatic rings. The number of unbranched alkanes of at least 4 members (excludes halogenated alkanes) is 1. The maximum Gasteiger partial charge on any atom is 0.258 e. The highest BCUT2D eigenvalue weighted by Crippen LogP contribution is 2.20. The average molecular weight is 292 g/mol. The van der Waals surface area contributed by atoms with Gasteiger partial charge in [0.15, 0.2) is 0 Å². The first-order chi connectivity index (χ1) is 9.95. The Morgan fingerprint density at radius 3 is 2.67 bits per heavy atom. The summed E-state index contributed by atoms with van der Waals surface area (Å²) in [4.78, 5) is 28.6. The highest BCUT2D eigenvalue weighted by Gasteiger charge is 2.36. The zero-order chi connectivity index (χ0) is 15.6. The minimum Gasteiger partial charge on any atom is -0.342 e. The van der Waals surface area contributed by atoms with E-state index in [0.717, 1.165) is 19.3 Å². The third-order valence-electron chi connectivity index (χ3n) is 4.05. The minimum absolute atomic E-state index is 0.0459. The highest BCUT2D eigenvalue weighted by atomic mass is 16.2. The quantitative estimate of drug-likeness (QED) is 0.838. The normalized spacial score (nSPS) is 19.2. The lowest BCUT2D eigenvalue weighted by Crippen LogP contribution is -2.57. The summed E-state index contributed by atoms with van der Waals surface area (Å²) in [7, 11) is 3.60. The number of hydrogen-bond donors (Lipinski definition) is 0. The molecule has 2 rings (SSSR count). The van der Waals surface area contributed by atoms with Gasteiger partial charge < -0.3 is 9.80 Å². The van der Waals surface area contributed by atoms with Gasteiger partial charge in [-0.15, -0.1) is 0 Å². The molecule has 21 heavy (non-hydrogen) atoms. The van der Waals surface area contributed by atoms with E-state index < -0.39 is 0 Å². The average Bonchev–Trinajstić information content (AvgIpc) is 2.78. The molecular weight excluding hydrogens is 268 g/mol. The lowest BCUT2D eigenvalue weighted by Gasteiger charge is -2.39. The summed E-state index contributed by atoms with van der Waals surface area (Å²) < 4.78 is 1.64. The lowest BCUT2D eigenvalue weighted by molar-refractivity contribution is -0.138. The Labute approximate surface area is 125 Å². The molecule has 0 N–H and O–H groups in total. The maximum atomic E-state index is 12.8. The first kappa shape index (κ1) is 15.5. The Hall–Kier alpha value is -1.85. The van der Waals surface area contributed by atoms with Gasteiger partial charge in [0.05, 0.1) is 11.3 Å². The van der Waals surface area contributed by atoms with Crippen LogP contribution < -0.4 is 0 Å². The number of carbonyl (C=O) groups is 2. The molecular formula is C15H24N4O2. The molecule has 6 nitrogen and oxygen atoms in total. The van der Waals surface area contributed by atoms with Crippen LogP contribution >= 0.6 is 0 Å². The van der Waals surface area contributed by atoms with Gasteiger partial charge >= 0.3 is 0 Å². The second kappa shape index (κ2) is 6.28. The van der Waals surface area contributed by atoms with E-state index in [1.54, 1.807) is 34.8 Å². The van der Waals surface area contributed by atoms with Crippen molar-refractivity contribution in [1.82, 2.24) is 19.6 Å². The van der Waals surface area contributed by atoms with Gasteiger partial charge in [-0.1, -0.05) is 19.8 Å². The van der Waals surface area contributed by atoms with Gasteiger partial charge in [0.2, 0.25) is 5.91 Å². The Bertz CT molecular complexity index is 538. The molecule has 1 aliphatic rings. The first-order valence-electron chi connectivity index (χ1n) is 7.52. The molecule has 2 amide bonds. The van der Waals surface area contributed by atoms with Crippen molar-refractivity contribution in [2.24, 2.45) is 7.05 Å². The van der Waals surface area contributed by atoms with Gasteiger partial charge in [-0.2, -0.15) is 5.10 Å². The van der Waals surface area contributed by atoms with Crippen LogP contribution in [0.25, 0.3) is 0 Å². The molecule has 0 aliphatic carbocycles. The molecule has 6 heteroatoms. The molecule has 0 bridgehead atoms. The van der Waals surface area contributed by atoms with Gasteiger partial charge in [0.25, 0.3) is 5.91 Å². The SMILES string of the molecule is CCCC[C@H]1C(=O)N(C)CCN1C(=O)c1cn(C)nc1C. The van der Waals surface area contributed by atoms with Crippen molar-refractivity contribution in [1.29, 1.82) is 0 Å². The number of carbonyl (C=O) groups excluding carboxylic acids is 2. The van der Waals surface area contributed by atoms with E-state index in [1.165, 1.54) is 0 Å². The van der Waals surface area contributed by atoms with Crippen molar-refractivity contribution >= 4 is 11.8 Å². The van der Waals surface area contributed by atoms with E-state index in [4.69, 9.17) is 0 Å². The number of aromatic nitrogens is 2. The van der Waals surface area contributed by atoms with Crippen LogP contribution in [0.4, 0.5) is 0 Å². The summed E-state index contributed by atoms with van der Waals surface area (Å²) >= 11 is 0. The van der Waals surface area contributed by atoms with Crippen LogP contribution in [0.3, 0.4) is 0 Å². The van der Waals surface area contributed by atoms with E-state index in [9.17, 15) is 9.59 Å². The van der Waals surface area contributed by atoms with Crippen LogP contribution in [0, 0.1) is 6.92 Å². The minimum atomic E-state index is -0.337. The van der Waals surface area contributed by atoms with Crippen molar-refractivity contribution in [3.63, 3.8) is 0 Å². The van der Waals surface area contributed by atoms with Gasteiger partial charge in [-0.25, -0.2) is 0 Å². The van der Waals surface area contributed by atoms with Gasteiger partial charge in [-0.05, 0) is 13.3 Å². The highest BCUT2D eigenvalue weighted by molar-refractivity contribution is 5.98. The second-order valence-corrected chi connectivity index (χ2v) is 5.72. The standard InChI is InChI=1S/C15H24N4O2/c1-5-6-7-13-15(21)17(3)8-9-19(13)14(20)12-10-18(4)16-11(12)2/h10,13H,5-9H2,1-4H3/t13-/m0/s1. The number of piperazine rings is 1. The van der Waals surface area contributed by atoms with Crippen LogP contribution in [0.15, 0.2) is 6.20 Å². The van der Waals surface area contributed by atoms with Crippen LogP contribution in [-0.4, -0.2) is 57.6 Å². The fraction of sp³-hybridized carbons (Fsp3) is 0.667. The number of likely N-dealkylation sites (N-methyl/N-ethyl adjacent to an activating group) is 1. The monoisotopic (exact) mass is 292 g/mol. The van der Waals surface area contributed by atoms with Gasteiger partial charge in [0.1, 0.15) is 6.04 Å². The molecule has 1 saturated heterocycles. The Balaban J connectivity index is 2.24. The molecule has 0 spiro atoms.